The standard InChI is InChI=1S/C16H24N2O4/c1-3-4-9-21-22-12-18-15(11-16(19)20-2)10-13-5-7-14(17)8-6-13/h5-8,12,15H,3-4,9-11,17H2,1-2H3/t15-/m0/s1. The van der Waals surface area contributed by atoms with Crippen molar-refractivity contribution in [2.75, 3.05) is 19.5 Å². The highest BCUT2D eigenvalue weighted by molar-refractivity contribution is 5.70. The van der Waals surface area contributed by atoms with Gasteiger partial charge in [-0.2, -0.15) is 4.89 Å². The van der Waals surface area contributed by atoms with Crippen molar-refractivity contribution >= 4 is 18.1 Å². The van der Waals surface area contributed by atoms with E-state index in [0.29, 0.717) is 18.7 Å². The van der Waals surface area contributed by atoms with E-state index in [0.717, 1.165) is 18.4 Å². The zero-order valence-corrected chi connectivity index (χ0v) is 13.2. The van der Waals surface area contributed by atoms with Gasteiger partial charge >= 0.3 is 5.97 Å². The lowest BCUT2D eigenvalue weighted by atomic mass is 10.0. The third-order valence-corrected chi connectivity index (χ3v) is 3.04. The van der Waals surface area contributed by atoms with Gasteiger partial charge in [0.1, 0.15) is 0 Å². The van der Waals surface area contributed by atoms with E-state index < -0.39 is 0 Å². The average molecular weight is 308 g/mol. The van der Waals surface area contributed by atoms with Crippen molar-refractivity contribution in [3.63, 3.8) is 0 Å². The fourth-order valence-corrected chi connectivity index (χ4v) is 1.77. The smallest absolute Gasteiger partial charge is 0.307 e. The summed E-state index contributed by atoms with van der Waals surface area (Å²) in [4.78, 5) is 25.5. The Bertz CT molecular complexity index is 460. The number of hydrogen-bond donors (Lipinski definition) is 1. The van der Waals surface area contributed by atoms with Crippen molar-refractivity contribution < 1.29 is 19.3 Å². The molecule has 0 saturated carbocycles. The van der Waals surface area contributed by atoms with E-state index in [1.165, 1.54) is 13.5 Å². The zero-order chi connectivity index (χ0) is 16.2. The molecule has 22 heavy (non-hydrogen) atoms. The predicted octanol–water partition coefficient (Wildman–Crippen LogP) is 2.52. The molecule has 1 aromatic rings. The van der Waals surface area contributed by atoms with Crippen molar-refractivity contribution in [3.8, 4) is 0 Å². The number of unbranched alkanes of at least 4 members (excludes halogenated alkanes) is 1. The van der Waals surface area contributed by atoms with Crippen LogP contribution in [0.4, 0.5) is 5.69 Å². The van der Waals surface area contributed by atoms with Crippen LogP contribution in [0.3, 0.4) is 0 Å². The van der Waals surface area contributed by atoms with E-state index in [1.807, 2.05) is 24.3 Å². The summed E-state index contributed by atoms with van der Waals surface area (Å²) in [6, 6.07) is 7.18. The zero-order valence-electron chi connectivity index (χ0n) is 13.2. The number of carbonyl (C=O) groups is 1. The molecule has 1 aromatic carbocycles. The van der Waals surface area contributed by atoms with Gasteiger partial charge < -0.3 is 15.4 Å². The molecule has 0 unspecified atom stereocenters. The minimum Gasteiger partial charge on any atom is -0.469 e. The molecule has 0 amide bonds. The number of methoxy groups -OCH3 is 1. The lowest BCUT2D eigenvalue weighted by Gasteiger charge is -2.11. The van der Waals surface area contributed by atoms with E-state index in [9.17, 15) is 4.79 Å². The Morgan fingerprint density at radius 3 is 2.73 bits per heavy atom. The quantitative estimate of drug-likeness (QED) is 0.137. The van der Waals surface area contributed by atoms with Crippen LogP contribution in [0.1, 0.15) is 31.7 Å². The molecule has 2 N–H and O–H groups in total. The summed E-state index contributed by atoms with van der Waals surface area (Å²) in [5, 5.41) is 0. The molecule has 0 aromatic heterocycles. The molecular weight excluding hydrogens is 284 g/mol. The highest BCUT2D eigenvalue weighted by Gasteiger charge is 2.13. The van der Waals surface area contributed by atoms with E-state index in [-0.39, 0.29) is 18.4 Å². The number of aliphatic imine (C=N–C) groups is 1. The second-order valence-corrected chi connectivity index (χ2v) is 4.91. The van der Waals surface area contributed by atoms with E-state index in [2.05, 4.69) is 11.9 Å². The third-order valence-electron chi connectivity index (χ3n) is 3.04. The Kier molecular flexibility index (Phi) is 8.67. The van der Waals surface area contributed by atoms with E-state index in [1.54, 1.807) is 0 Å². The highest BCUT2D eigenvalue weighted by atomic mass is 17.2. The SMILES string of the molecule is CCCCOOC=N[C@H](CC(=O)OC)Cc1ccc(N)cc1. The van der Waals surface area contributed by atoms with Crippen LogP contribution in [-0.4, -0.2) is 32.1 Å². The number of rotatable bonds is 10. The first kappa shape index (κ1) is 18.0. The van der Waals surface area contributed by atoms with Crippen LogP contribution >= 0.6 is 0 Å². The Labute approximate surface area is 131 Å². The lowest BCUT2D eigenvalue weighted by Crippen LogP contribution is -2.16. The number of anilines is 1. The van der Waals surface area contributed by atoms with Gasteiger partial charge in [0.25, 0.3) is 0 Å². The molecule has 0 saturated heterocycles. The molecule has 6 nitrogen and oxygen atoms in total. The van der Waals surface area contributed by atoms with Crippen molar-refractivity contribution in [1.82, 2.24) is 0 Å². The molecular formula is C16H24N2O4. The second-order valence-electron chi connectivity index (χ2n) is 4.91. The summed E-state index contributed by atoms with van der Waals surface area (Å²) in [5.74, 6) is -0.315. The van der Waals surface area contributed by atoms with Crippen LogP contribution < -0.4 is 5.73 Å². The molecule has 6 heteroatoms. The molecule has 0 radical (unpaired) electrons. The molecule has 0 heterocycles. The molecule has 1 atom stereocenters. The first-order valence-corrected chi connectivity index (χ1v) is 7.36. The van der Waals surface area contributed by atoms with Crippen LogP contribution in [0.15, 0.2) is 29.3 Å². The Morgan fingerprint density at radius 2 is 2.09 bits per heavy atom. The number of nitrogens with two attached hydrogens (primary N) is 1. The van der Waals surface area contributed by atoms with Gasteiger partial charge in [0.05, 0.1) is 26.2 Å². The molecule has 1 rings (SSSR count). The van der Waals surface area contributed by atoms with Crippen LogP contribution in [-0.2, 0) is 25.7 Å². The van der Waals surface area contributed by atoms with Crippen LogP contribution in [0.25, 0.3) is 0 Å². The molecule has 0 aliphatic rings. The van der Waals surface area contributed by atoms with Gasteiger partial charge in [0.15, 0.2) is 0 Å². The fourth-order valence-electron chi connectivity index (χ4n) is 1.77. The van der Waals surface area contributed by atoms with Crippen LogP contribution in [0, 0.1) is 0 Å². The third kappa shape index (κ3) is 7.64. The predicted molar refractivity (Wildman–Crippen MR) is 85.4 cm³/mol. The largest absolute Gasteiger partial charge is 0.469 e. The highest BCUT2D eigenvalue weighted by Crippen LogP contribution is 2.12. The second kappa shape index (κ2) is 10.6. The van der Waals surface area contributed by atoms with E-state index in [4.69, 9.17) is 20.2 Å². The summed E-state index contributed by atoms with van der Waals surface area (Å²) in [6.07, 6.45) is 3.95. The number of hydrogen-bond acceptors (Lipinski definition) is 6. The normalized spacial score (nSPS) is 12.3. The topological polar surface area (TPSA) is 83.1 Å². The number of nitrogens with zero attached hydrogens (tertiary/aromatic N) is 1. The minimum atomic E-state index is -0.315. The molecule has 0 spiro atoms. The van der Waals surface area contributed by atoms with Crippen molar-refractivity contribution in [2.24, 2.45) is 4.99 Å². The first-order chi connectivity index (χ1) is 10.7. The summed E-state index contributed by atoms with van der Waals surface area (Å²) in [7, 11) is 1.36. The fraction of sp³-hybridized carbons (Fsp3) is 0.500. The maximum Gasteiger partial charge on any atom is 0.307 e. The maximum atomic E-state index is 11.5. The number of benzene rings is 1. The number of carbonyl (C=O) groups excluding carboxylic acids is 1. The van der Waals surface area contributed by atoms with Crippen molar-refractivity contribution in [3.05, 3.63) is 29.8 Å². The minimum absolute atomic E-state index is 0.176. The van der Waals surface area contributed by atoms with Gasteiger partial charge in [-0.1, -0.05) is 25.5 Å². The number of esters is 1. The van der Waals surface area contributed by atoms with Gasteiger partial charge in [0.2, 0.25) is 6.40 Å². The van der Waals surface area contributed by atoms with Crippen molar-refractivity contribution in [1.29, 1.82) is 0 Å². The van der Waals surface area contributed by atoms with E-state index >= 15 is 0 Å². The number of nitrogen functional groups attached to an aromatic ring is 1. The molecule has 0 aliphatic heterocycles. The van der Waals surface area contributed by atoms with Gasteiger partial charge in [-0.05, 0) is 30.5 Å². The summed E-state index contributed by atoms with van der Waals surface area (Å²) in [5.41, 5.74) is 7.39. The summed E-state index contributed by atoms with van der Waals surface area (Å²) in [6.45, 7) is 2.58. The lowest BCUT2D eigenvalue weighted by molar-refractivity contribution is -0.217. The van der Waals surface area contributed by atoms with Gasteiger partial charge in [-0.25, -0.2) is 0 Å². The van der Waals surface area contributed by atoms with Crippen LogP contribution in [0.2, 0.25) is 0 Å². The molecule has 0 fully saturated rings. The maximum absolute atomic E-state index is 11.5. The van der Waals surface area contributed by atoms with Gasteiger partial charge in [0, 0.05) is 5.69 Å². The summed E-state index contributed by atoms with van der Waals surface area (Å²) < 4.78 is 4.69. The summed E-state index contributed by atoms with van der Waals surface area (Å²) >= 11 is 0. The monoisotopic (exact) mass is 308 g/mol. The van der Waals surface area contributed by atoms with Gasteiger partial charge in [-0.3, -0.25) is 9.79 Å². The molecule has 122 valence electrons. The first-order valence-electron chi connectivity index (χ1n) is 7.36. The van der Waals surface area contributed by atoms with Gasteiger partial charge in [-0.15, -0.1) is 0 Å². The number of ether oxygens (including phenoxy) is 1. The van der Waals surface area contributed by atoms with Crippen LogP contribution in [0.5, 0.6) is 0 Å². The molecule has 0 bridgehead atoms. The molecule has 0 aliphatic carbocycles. The Morgan fingerprint density at radius 1 is 1.36 bits per heavy atom. The Balaban J connectivity index is 2.53. The average Bonchev–Trinajstić information content (AvgIpc) is 2.52. The van der Waals surface area contributed by atoms with Crippen molar-refractivity contribution in [2.45, 2.75) is 38.6 Å². The Hall–Kier alpha value is -2.08.